The fourth-order valence-electron chi connectivity index (χ4n) is 3.55. The Hall–Kier alpha value is -2.47. The van der Waals surface area contributed by atoms with Crippen molar-refractivity contribution in [3.63, 3.8) is 0 Å². The van der Waals surface area contributed by atoms with Crippen LogP contribution < -0.4 is 15.1 Å². The Kier molecular flexibility index (Phi) is 6.62. The molecular formula is C19H23FN4O3S. The third-order valence-electron chi connectivity index (χ3n) is 5.12. The van der Waals surface area contributed by atoms with E-state index in [1.54, 1.807) is 12.1 Å². The number of rotatable bonds is 6. The van der Waals surface area contributed by atoms with Gasteiger partial charge in [-0.3, -0.25) is 9.69 Å². The van der Waals surface area contributed by atoms with Gasteiger partial charge in [-0.2, -0.15) is 17.9 Å². The van der Waals surface area contributed by atoms with Crippen molar-refractivity contribution in [1.82, 2.24) is 5.32 Å². The second-order valence-corrected chi connectivity index (χ2v) is 7.32. The second kappa shape index (κ2) is 9.15. The summed E-state index contributed by atoms with van der Waals surface area (Å²) in [6.45, 7) is 1.85. The third-order valence-corrected chi connectivity index (χ3v) is 5.41. The van der Waals surface area contributed by atoms with E-state index in [1.807, 2.05) is 4.90 Å². The molecule has 1 unspecified atom stereocenters. The Morgan fingerprint density at radius 3 is 2.79 bits per heavy atom. The molecular weight excluding hydrogens is 383 g/mol. The second-order valence-electron chi connectivity index (χ2n) is 7.01. The molecule has 1 N–H and O–H groups in total. The summed E-state index contributed by atoms with van der Waals surface area (Å²) >= 11 is 3.87. The Bertz CT molecular complexity index is 777. The highest BCUT2D eigenvalue weighted by molar-refractivity contribution is 7.81. The molecule has 2 aliphatic rings. The minimum atomic E-state index is -0.561. The number of nitriles is 1. The Balaban J connectivity index is 1.62. The fourth-order valence-corrected chi connectivity index (χ4v) is 3.66. The molecule has 2 aliphatic heterocycles. The first-order valence-electron chi connectivity index (χ1n) is 9.29. The lowest BCUT2D eigenvalue weighted by Gasteiger charge is -2.33. The van der Waals surface area contributed by atoms with E-state index in [0.717, 1.165) is 12.8 Å². The summed E-state index contributed by atoms with van der Waals surface area (Å²) in [6.07, 6.45) is 1.23. The number of hydrogen-bond acceptors (Lipinski definition) is 6. The highest BCUT2D eigenvalue weighted by Crippen LogP contribution is 2.31. The summed E-state index contributed by atoms with van der Waals surface area (Å²) < 4.78 is 20.0. The summed E-state index contributed by atoms with van der Waals surface area (Å²) in [6, 6.07) is 6.92. The van der Waals surface area contributed by atoms with Gasteiger partial charge in [0.1, 0.15) is 11.9 Å². The van der Waals surface area contributed by atoms with Crippen LogP contribution in [0.4, 0.5) is 20.6 Å². The van der Waals surface area contributed by atoms with E-state index in [9.17, 15) is 14.0 Å². The third kappa shape index (κ3) is 4.68. The van der Waals surface area contributed by atoms with Crippen LogP contribution in [0.25, 0.3) is 0 Å². The zero-order valence-corrected chi connectivity index (χ0v) is 16.3. The summed E-state index contributed by atoms with van der Waals surface area (Å²) in [5.74, 6) is -0.198. The topological polar surface area (TPSA) is 85.7 Å². The average molecular weight is 406 g/mol. The lowest BCUT2D eigenvalue weighted by Crippen LogP contribution is -2.35. The Morgan fingerprint density at radius 1 is 1.39 bits per heavy atom. The van der Waals surface area contributed by atoms with Crippen LogP contribution in [0, 0.1) is 23.1 Å². The summed E-state index contributed by atoms with van der Waals surface area (Å²) in [5.41, 5.74) is 0.929. The van der Waals surface area contributed by atoms with Crippen molar-refractivity contribution in [1.29, 1.82) is 5.26 Å². The first-order chi connectivity index (χ1) is 13.5. The normalized spacial score (nSPS) is 20.0. The van der Waals surface area contributed by atoms with Gasteiger partial charge in [0.2, 0.25) is 5.91 Å². The van der Waals surface area contributed by atoms with Crippen molar-refractivity contribution in [3.05, 3.63) is 24.0 Å². The van der Waals surface area contributed by atoms with Crippen LogP contribution in [0.1, 0.15) is 19.3 Å². The molecule has 1 aromatic rings. The van der Waals surface area contributed by atoms with Gasteiger partial charge in [0.25, 0.3) is 0 Å². The van der Waals surface area contributed by atoms with Gasteiger partial charge in [0, 0.05) is 19.5 Å². The van der Waals surface area contributed by atoms with Gasteiger partial charge in [-0.25, -0.2) is 9.18 Å². The molecule has 2 heterocycles. The number of halogens is 1. The van der Waals surface area contributed by atoms with Gasteiger partial charge < -0.3 is 15.0 Å². The van der Waals surface area contributed by atoms with E-state index in [0.29, 0.717) is 36.8 Å². The number of hydrogen-bond donors (Lipinski definition) is 2. The number of amides is 2. The van der Waals surface area contributed by atoms with Crippen molar-refractivity contribution < 1.29 is 18.7 Å². The van der Waals surface area contributed by atoms with E-state index in [-0.39, 0.29) is 24.7 Å². The van der Waals surface area contributed by atoms with Crippen molar-refractivity contribution in [2.45, 2.75) is 25.4 Å². The zero-order chi connectivity index (χ0) is 20.1. The van der Waals surface area contributed by atoms with E-state index in [4.69, 9.17) is 10.00 Å². The first kappa shape index (κ1) is 20.3. The summed E-state index contributed by atoms with van der Waals surface area (Å²) in [4.78, 5) is 26.7. The molecule has 0 radical (unpaired) electrons. The molecule has 9 heteroatoms. The van der Waals surface area contributed by atoms with Crippen LogP contribution in [0.3, 0.4) is 0 Å². The predicted molar refractivity (Wildman–Crippen MR) is 106 cm³/mol. The molecule has 0 spiro atoms. The van der Waals surface area contributed by atoms with Gasteiger partial charge in [-0.1, -0.05) is 0 Å². The average Bonchev–Trinajstić information content (AvgIpc) is 3.07. The van der Waals surface area contributed by atoms with Crippen LogP contribution in [0.5, 0.6) is 0 Å². The van der Waals surface area contributed by atoms with E-state index >= 15 is 0 Å². The number of carbonyl (C=O) groups excluding carboxylic acids is 2. The molecule has 7 nitrogen and oxygen atoms in total. The molecule has 150 valence electrons. The molecule has 0 aliphatic carbocycles. The van der Waals surface area contributed by atoms with Crippen LogP contribution in [-0.4, -0.2) is 50.0 Å². The lowest BCUT2D eigenvalue weighted by atomic mass is 9.94. The SMILES string of the molecule is N#CCC1CCN(c2ccc(N3CC(CNC(=O)CS)OC3=O)cc2F)CC1. The van der Waals surface area contributed by atoms with Crippen LogP contribution in [-0.2, 0) is 9.53 Å². The van der Waals surface area contributed by atoms with Crippen molar-refractivity contribution >= 4 is 36.0 Å². The number of thiol groups is 1. The number of piperidine rings is 1. The minimum Gasteiger partial charge on any atom is -0.442 e. The van der Waals surface area contributed by atoms with Crippen molar-refractivity contribution in [2.75, 3.05) is 41.7 Å². The Labute approximate surface area is 168 Å². The zero-order valence-electron chi connectivity index (χ0n) is 15.4. The summed E-state index contributed by atoms with van der Waals surface area (Å²) in [7, 11) is 0. The Morgan fingerprint density at radius 2 is 2.14 bits per heavy atom. The van der Waals surface area contributed by atoms with Crippen molar-refractivity contribution in [2.24, 2.45) is 5.92 Å². The number of nitrogens with one attached hydrogen (secondary N) is 1. The van der Waals surface area contributed by atoms with Crippen LogP contribution in [0.15, 0.2) is 18.2 Å². The van der Waals surface area contributed by atoms with E-state index < -0.39 is 18.0 Å². The minimum absolute atomic E-state index is 0.0603. The standard InChI is InChI=1S/C19H23FN4O3S/c20-16-9-14(24-11-15(27-19(24)26)10-22-18(25)12-28)1-2-17(16)23-7-4-13(3-6-21)5-8-23/h1-2,9,13,15,28H,3-5,7-8,10-12H2,(H,22,25). The van der Waals surface area contributed by atoms with Gasteiger partial charge in [0.15, 0.2) is 0 Å². The number of nitrogens with zero attached hydrogens (tertiary/aromatic N) is 3. The van der Waals surface area contributed by atoms with E-state index in [2.05, 4.69) is 24.0 Å². The maximum Gasteiger partial charge on any atom is 0.414 e. The van der Waals surface area contributed by atoms with Gasteiger partial charge in [-0.15, -0.1) is 0 Å². The maximum atomic E-state index is 14.7. The van der Waals surface area contributed by atoms with Gasteiger partial charge in [-0.05, 0) is 37.0 Å². The van der Waals surface area contributed by atoms with Crippen LogP contribution in [0.2, 0.25) is 0 Å². The molecule has 3 rings (SSSR count). The van der Waals surface area contributed by atoms with E-state index in [1.165, 1.54) is 11.0 Å². The molecule has 2 amide bonds. The van der Waals surface area contributed by atoms with Gasteiger partial charge >= 0.3 is 6.09 Å². The number of cyclic esters (lactones) is 1. The maximum absolute atomic E-state index is 14.7. The highest BCUT2D eigenvalue weighted by atomic mass is 32.1. The van der Waals surface area contributed by atoms with Crippen LogP contribution >= 0.6 is 12.6 Å². The quantitative estimate of drug-likeness (QED) is 0.709. The largest absolute Gasteiger partial charge is 0.442 e. The molecule has 0 aromatic heterocycles. The highest BCUT2D eigenvalue weighted by Gasteiger charge is 2.33. The number of carbonyl (C=O) groups is 2. The monoisotopic (exact) mass is 406 g/mol. The first-order valence-corrected chi connectivity index (χ1v) is 9.92. The summed E-state index contributed by atoms with van der Waals surface area (Å²) in [5, 5.41) is 11.4. The molecule has 0 saturated carbocycles. The molecule has 2 saturated heterocycles. The smallest absolute Gasteiger partial charge is 0.414 e. The van der Waals surface area contributed by atoms with Crippen molar-refractivity contribution in [3.8, 4) is 6.07 Å². The molecule has 1 atom stereocenters. The predicted octanol–water partition coefficient (Wildman–Crippen LogP) is 2.33. The molecule has 1 aromatic carbocycles. The van der Waals surface area contributed by atoms with Gasteiger partial charge in [0.05, 0.1) is 36.3 Å². The number of anilines is 2. The molecule has 0 bridgehead atoms. The lowest BCUT2D eigenvalue weighted by molar-refractivity contribution is -0.118. The number of benzene rings is 1. The number of ether oxygens (including phenoxy) is 1. The fraction of sp³-hybridized carbons (Fsp3) is 0.526. The molecule has 2 fully saturated rings. The molecule has 28 heavy (non-hydrogen) atoms.